The number of halogens is 2. The minimum atomic E-state index is -0.189. The molecule has 1 aromatic rings. The number of nitrogens with one attached hydrogen (secondary N) is 1. The molecule has 0 unspecified atom stereocenters. The number of rotatable bonds is 6. The fourth-order valence-electron chi connectivity index (χ4n) is 1.23. The molecule has 90 valence electrons. The minimum absolute atomic E-state index is 0.189. The summed E-state index contributed by atoms with van der Waals surface area (Å²) >= 11 is 12.5. The third-order valence-corrected chi connectivity index (χ3v) is 3.92. The van der Waals surface area contributed by atoms with E-state index >= 15 is 0 Å². The first-order valence-corrected chi connectivity index (χ1v) is 6.78. The summed E-state index contributed by atoms with van der Waals surface area (Å²) in [7, 11) is 0. The fourth-order valence-corrected chi connectivity index (χ4v) is 2.37. The highest BCUT2D eigenvalue weighted by Crippen LogP contribution is 2.28. The second-order valence-corrected chi connectivity index (χ2v) is 4.94. The average molecular weight is 281 g/mol. The van der Waals surface area contributed by atoms with Crippen molar-refractivity contribution in [1.82, 2.24) is 9.69 Å². The normalized spacial score (nSPS) is 10.4. The molecule has 0 aliphatic heterocycles. The van der Waals surface area contributed by atoms with Crippen LogP contribution in [-0.2, 0) is 0 Å². The van der Waals surface area contributed by atoms with Crippen LogP contribution in [-0.4, -0.2) is 16.8 Å². The maximum atomic E-state index is 11.6. The molecule has 0 bridgehead atoms. The molecular weight excluding hydrogens is 267 g/mol. The summed E-state index contributed by atoms with van der Waals surface area (Å²) in [5, 5.41) is 3.25. The van der Waals surface area contributed by atoms with Gasteiger partial charge in [-0.05, 0) is 18.0 Å². The number of carbonyl (C=O) groups excluding carboxylic acids is 1. The van der Waals surface area contributed by atoms with Gasteiger partial charge in [-0.2, -0.15) is 4.37 Å². The van der Waals surface area contributed by atoms with Gasteiger partial charge in [-0.15, -0.1) is 0 Å². The molecule has 0 spiro atoms. The van der Waals surface area contributed by atoms with Crippen molar-refractivity contribution in [2.45, 2.75) is 32.6 Å². The molecule has 1 rings (SSSR count). The zero-order chi connectivity index (χ0) is 12.0. The van der Waals surface area contributed by atoms with Crippen LogP contribution in [0.15, 0.2) is 0 Å². The molecule has 1 amide bonds. The lowest BCUT2D eigenvalue weighted by molar-refractivity contribution is 0.0957. The smallest absolute Gasteiger partial charge is 0.264 e. The van der Waals surface area contributed by atoms with E-state index in [1.54, 1.807) is 0 Å². The molecule has 1 heterocycles. The van der Waals surface area contributed by atoms with E-state index < -0.39 is 0 Å². The van der Waals surface area contributed by atoms with Crippen molar-refractivity contribution in [2.75, 3.05) is 6.54 Å². The van der Waals surface area contributed by atoms with Gasteiger partial charge in [0.25, 0.3) is 5.91 Å². The quantitative estimate of drug-likeness (QED) is 0.807. The highest BCUT2D eigenvalue weighted by atomic mass is 35.5. The van der Waals surface area contributed by atoms with Crippen LogP contribution in [0.1, 0.15) is 42.3 Å². The maximum absolute atomic E-state index is 11.6. The summed E-state index contributed by atoms with van der Waals surface area (Å²) < 4.78 is 3.81. The lowest BCUT2D eigenvalue weighted by Gasteiger charge is -2.02. The molecule has 0 fully saturated rings. The zero-order valence-corrected chi connectivity index (χ0v) is 11.4. The summed E-state index contributed by atoms with van der Waals surface area (Å²) in [6.07, 6.45) is 4.50. The van der Waals surface area contributed by atoms with Crippen molar-refractivity contribution >= 4 is 40.6 Å². The Hall–Kier alpha value is -0.320. The van der Waals surface area contributed by atoms with E-state index in [1.807, 2.05) is 0 Å². The number of carbonyl (C=O) groups is 1. The summed E-state index contributed by atoms with van der Waals surface area (Å²) in [5.41, 5.74) is 0. The molecule has 0 aliphatic rings. The first-order chi connectivity index (χ1) is 7.66. The molecule has 1 aromatic heterocycles. The molecule has 0 aliphatic carbocycles. The van der Waals surface area contributed by atoms with Gasteiger partial charge in [-0.25, -0.2) is 0 Å². The Labute approximate surface area is 109 Å². The number of hydrogen-bond acceptors (Lipinski definition) is 3. The second-order valence-electron chi connectivity index (χ2n) is 3.43. The Bertz CT molecular complexity index is 355. The fraction of sp³-hybridized carbons (Fsp3) is 0.600. The van der Waals surface area contributed by atoms with Crippen LogP contribution in [0.2, 0.25) is 10.2 Å². The van der Waals surface area contributed by atoms with Crippen LogP contribution in [0.5, 0.6) is 0 Å². The van der Waals surface area contributed by atoms with Gasteiger partial charge in [0.05, 0.1) is 0 Å². The highest BCUT2D eigenvalue weighted by Gasteiger charge is 2.16. The molecule has 3 nitrogen and oxygen atoms in total. The van der Waals surface area contributed by atoms with Crippen molar-refractivity contribution in [3.63, 3.8) is 0 Å². The maximum Gasteiger partial charge on any atom is 0.264 e. The molecule has 6 heteroatoms. The molecule has 0 radical (unpaired) electrons. The summed E-state index contributed by atoms with van der Waals surface area (Å²) in [4.78, 5) is 12.0. The molecule has 0 aromatic carbocycles. The molecule has 0 saturated carbocycles. The summed E-state index contributed by atoms with van der Waals surface area (Å²) in [5.74, 6) is -0.189. The van der Waals surface area contributed by atoms with Gasteiger partial charge in [-0.1, -0.05) is 49.4 Å². The van der Waals surface area contributed by atoms with E-state index in [4.69, 9.17) is 23.2 Å². The van der Waals surface area contributed by atoms with Crippen LogP contribution in [0.25, 0.3) is 0 Å². The van der Waals surface area contributed by atoms with Crippen LogP contribution in [0.3, 0.4) is 0 Å². The number of nitrogens with zero attached hydrogens (tertiary/aromatic N) is 1. The first kappa shape index (κ1) is 13.7. The molecule has 0 atom stereocenters. The van der Waals surface area contributed by atoms with Crippen LogP contribution < -0.4 is 5.32 Å². The van der Waals surface area contributed by atoms with E-state index in [0.29, 0.717) is 11.4 Å². The van der Waals surface area contributed by atoms with E-state index in [0.717, 1.165) is 24.4 Å². The van der Waals surface area contributed by atoms with Crippen molar-refractivity contribution < 1.29 is 4.79 Å². The van der Waals surface area contributed by atoms with Gasteiger partial charge >= 0.3 is 0 Å². The second kappa shape index (κ2) is 7.09. The molecule has 0 saturated heterocycles. The zero-order valence-electron chi connectivity index (χ0n) is 9.06. The van der Waals surface area contributed by atoms with Crippen molar-refractivity contribution in [2.24, 2.45) is 0 Å². The van der Waals surface area contributed by atoms with E-state index in [1.165, 1.54) is 12.8 Å². The van der Waals surface area contributed by atoms with Crippen LogP contribution in [0, 0.1) is 0 Å². The third-order valence-electron chi connectivity index (χ3n) is 2.12. The van der Waals surface area contributed by atoms with E-state index in [-0.39, 0.29) is 16.1 Å². The number of amides is 1. The molecule has 1 N–H and O–H groups in total. The van der Waals surface area contributed by atoms with Crippen molar-refractivity contribution in [1.29, 1.82) is 0 Å². The van der Waals surface area contributed by atoms with Gasteiger partial charge in [0.15, 0.2) is 5.15 Å². The predicted molar refractivity (Wildman–Crippen MR) is 68.6 cm³/mol. The largest absolute Gasteiger partial charge is 0.351 e. The Morgan fingerprint density at radius 2 is 2.12 bits per heavy atom. The minimum Gasteiger partial charge on any atom is -0.351 e. The van der Waals surface area contributed by atoms with Gasteiger partial charge < -0.3 is 5.32 Å². The lowest BCUT2D eigenvalue weighted by atomic mass is 10.2. The van der Waals surface area contributed by atoms with Crippen molar-refractivity contribution in [3.05, 3.63) is 15.1 Å². The SMILES string of the molecule is CCCCCCNC(=O)c1snc(Cl)c1Cl. The van der Waals surface area contributed by atoms with Crippen LogP contribution >= 0.6 is 34.7 Å². The Morgan fingerprint density at radius 3 is 2.69 bits per heavy atom. The standard InChI is InChI=1S/C10H14Cl2N2OS/c1-2-3-4-5-6-13-10(15)8-7(11)9(12)14-16-8/h2-6H2,1H3,(H,13,15). The Morgan fingerprint density at radius 1 is 1.38 bits per heavy atom. The van der Waals surface area contributed by atoms with E-state index in [2.05, 4.69) is 16.6 Å². The summed E-state index contributed by atoms with van der Waals surface area (Å²) in [6, 6.07) is 0. The lowest BCUT2D eigenvalue weighted by Crippen LogP contribution is -2.23. The predicted octanol–water partition coefficient (Wildman–Crippen LogP) is 3.76. The van der Waals surface area contributed by atoms with Crippen molar-refractivity contribution in [3.8, 4) is 0 Å². The molecular formula is C10H14Cl2N2OS. The number of aromatic nitrogens is 1. The average Bonchev–Trinajstić information content (AvgIpc) is 2.59. The Balaban J connectivity index is 2.33. The van der Waals surface area contributed by atoms with Gasteiger partial charge in [0.2, 0.25) is 0 Å². The van der Waals surface area contributed by atoms with Gasteiger partial charge in [-0.3, -0.25) is 4.79 Å². The number of unbranched alkanes of at least 4 members (excludes halogenated alkanes) is 3. The first-order valence-electron chi connectivity index (χ1n) is 5.25. The summed E-state index contributed by atoms with van der Waals surface area (Å²) in [6.45, 7) is 2.82. The highest BCUT2D eigenvalue weighted by molar-refractivity contribution is 7.09. The van der Waals surface area contributed by atoms with E-state index in [9.17, 15) is 4.79 Å². The van der Waals surface area contributed by atoms with Gasteiger partial charge in [0, 0.05) is 6.54 Å². The van der Waals surface area contributed by atoms with Crippen LogP contribution in [0.4, 0.5) is 0 Å². The Kier molecular flexibility index (Phi) is 6.09. The van der Waals surface area contributed by atoms with Gasteiger partial charge in [0.1, 0.15) is 9.90 Å². The molecule has 16 heavy (non-hydrogen) atoms. The topological polar surface area (TPSA) is 42.0 Å². The third kappa shape index (κ3) is 3.92. The monoisotopic (exact) mass is 280 g/mol. The number of hydrogen-bond donors (Lipinski definition) is 1.